The number of aromatic nitrogens is 5. The van der Waals surface area contributed by atoms with Crippen molar-refractivity contribution in [2.75, 3.05) is 20.0 Å². The molecule has 0 atom stereocenters. The number of pyridine rings is 1. The van der Waals surface area contributed by atoms with Gasteiger partial charge >= 0.3 is 0 Å². The fourth-order valence-electron chi connectivity index (χ4n) is 4.64. The largest absolute Gasteiger partial charge is 0.486 e. The van der Waals surface area contributed by atoms with Crippen molar-refractivity contribution >= 4 is 10.9 Å². The summed E-state index contributed by atoms with van der Waals surface area (Å²) in [5.41, 5.74) is 1.91. The Hall–Kier alpha value is -4.12. The van der Waals surface area contributed by atoms with Gasteiger partial charge in [0.1, 0.15) is 13.2 Å². The van der Waals surface area contributed by atoms with E-state index in [1.807, 2.05) is 41.1 Å². The van der Waals surface area contributed by atoms with Gasteiger partial charge < -0.3 is 23.9 Å². The first-order valence-corrected chi connectivity index (χ1v) is 12.2. The van der Waals surface area contributed by atoms with Crippen LogP contribution in [0.4, 0.5) is 0 Å². The topological polar surface area (TPSA) is 117 Å². The highest BCUT2D eigenvalue weighted by atomic mass is 16.7. The van der Waals surface area contributed by atoms with Crippen molar-refractivity contribution in [3.8, 4) is 23.0 Å². The molecule has 2 aliphatic rings. The van der Waals surface area contributed by atoms with Crippen LogP contribution < -0.4 is 24.5 Å². The third-order valence-electron chi connectivity index (χ3n) is 6.36. The number of tetrazole rings is 1. The summed E-state index contributed by atoms with van der Waals surface area (Å²) in [4.78, 5) is 18.3. The lowest BCUT2D eigenvalue weighted by atomic mass is 10.1. The summed E-state index contributed by atoms with van der Waals surface area (Å²) in [5, 5.41) is 13.3. The van der Waals surface area contributed by atoms with Crippen molar-refractivity contribution in [3.63, 3.8) is 0 Å². The SMILES string of the molecule is CC(C)(C)n1nnnc1CN(Cc1ccc2c(c1)OCO2)Cc1cc2cc3c(cc2[nH]c1=O)OCCO3. The molecule has 2 aromatic carbocycles. The molecular weight excluding hydrogens is 476 g/mol. The summed E-state index contributed by atoms with van der Waals surface area (Å²) in [6, 6.07) is 11.5. The number of nitrogens with one attached hydrogen (secondary N) is 1. The first-order chi connectivity index (χ1) is 17.8. The maximum absolute atomic E-state index is 13.1. The van der Waals surface area contributed by atoms with Gasteiger partial charge in [0.05, 0.1) is 17.6 Å². The summed E-state index contributed by atoms with van der Waals surface area (Å²) in [6.45, 7) is 8.73. The second-order valence-corrected chi connectivity index (χ2v) is 10.2. The minimum absolute atomic E-state index is 0.157. The van der Waals surface area contributed by atoms with Crippen LogP contribution in [-0.2, 0) is 25.2 Å². The van der Waals surface area contributed by atoms with Crippen molar-refractivity contribution in [1.29, 1.82) is 0 Å². The third kappa shape index (κ3) is 4.69. The molecule has 192 valence electrons. The standard InChI is InChI=1S/C26H28N6O5/c1-26(2,3)32-24(28-29-30-32)14-31(12-16-4-5-20-21(8-16)37-15-36-20)13-18-9-17-10-22-23(35-7-6-34-22)11-19(17)27-25(18)33/h4-5,8-11H,6-7,12-15H2,1-3H3,(H,27,33). The number of fused-ring (bicyclic) bond motifs is 3. The average molecular weight is 505 g/mol. The van der Waals surface area contributed by atoms with Crippen molar-refractivity contribution in [1.82, 2.24) is 30.1 Å². The lowest BCUT2D eigenvalue weighted by molar-refractivity contribution is 0.172. The molecule has 0 radical (unpaired) electrons. The summed E-state index contributed by atoms with van der Waals surface area (Å²) in [5.74, 6) is 3.48. The zero-order valence-corrected chi connectivity index (χ0v) is 21.0. The first-order valence-electron chi connectivity index (χ1n) is 12.2. The molecule has 11 nitrogen and oxygen atoms in total. The van der Waals surface area contributed by atoms with E-state index in [-0.39, 0.29) is 17.9 Å². The summed E-state index contributed by atoms with van der Waals surface area (Å²) in [7, 11) is 0. The van der Waals surface area contributed by atoms with Crippen LogP contribution in [-0.4, -0.2) is 50.1 Å². The van der Waals surface area contributed by atoms with Gasteiger partial charge in [0.2, 0.25) is 6.79 Å². The maximum Gasteiger partial charge on any atom is 0.252 e. The third-order valence-corrected chi connectivity index (χ3v) is 6.36. The van der Waals surface area contributed by atoms with E-state index in [0.29, 0.717) is 67.0 Å². The Kier molecular flexibility index (Phi) is 5.71. The monoisotopic (exact) mass is 504 g/mol. The van der Waals surface area contributed by atoms with Crippen LogP contribution in [0, 0.1) is 0 Å². The number of ether oxygens (including phenoxy) is 4. The van der Waals surface area contributed by atoms with Crippen molar-refractivity contribution < 1.29 is 18.9 Å². The Balaban J connectivity index is 1.34. The molecular formula is C26H28N6O5. The highest BCUT2D eigenvalue weighted by Crippen LogP contribution is 2.35. The van der Waals surface area contributed by atoms with Gasteiger partial charge in [0.15, 0.2) is 28.8 Å². The zero-order valence-electron chi connectivity index (χ0n) is 21.0. The number of nitrogens with zero attached hydrogens (tertiary/aromatic N) is 5. The molecule has 0 aliphatic carbocycles. The van der Waals surface area contributed by atoms with E-state index < -0.39 is 0 Å². The average Bonchev–Trinajstić information content (AvgIpc) is 3.52. The normalized spacial score (nSPS) is 14.5. The molecule has 37 heavy (non-hydrogen) atoms. The van der Waals surface area contributed by atoms with Crippen LogP contribution in [0.25, 0.3) is 10.9 Å². The first kappa shape index (κ1) is 23.3. The van der Waals surface area contributed by atoms with Gasteiger partial charge in [0, 0.05) is 30.1 Å². The minimum atomic E-state index is -0.287. The number of aromatic amines is 1. The smallest absolute Gasteiger partial charge is 0.252 e. The van der Waals surface area contributed by atoms with Gasteiger partial charge in [0.25, 0.3) is 5.56 Å². The molecule has 0 bridgehead atoms. The quantitative estimate of drug-likeness (QED) is 0.423. The highest BCUT2D eigenvalue weighted by molar-refractivity contribution is 5.83. The molecule has 1 N–H and O–H groups in total. The number of hydrogen-bond acceptors (Lipinski definition) is 9. The van der Waals surface area contributed by atoms with Gasteiger partial charge in [-0.1, -0.05) is 6.07 Å². The second-order valence-electron chi connectivity index (χ2n) is 10.2. The van der Waals surface area contributed by atoms with E-state index >= 15 is 0 Å². The maximum atomic E-state index is 13.1. The number of benzene rings is 2. The predicted octanol–water partition coefficient (Wildman–Crippen LogP) is 2.97. The molecule has 0 spiro atoms. The second kappa shape index (κ2) is 9.07. The fourth-order valence-corrected chi connectivity index (χ4v) is 4.64. The lowest BCUT2D eigenvalue weighted by Gasteiger charge is -2.25. The fraction of sp³-hybridized carbons (Fsp3) is 0.385. The Bertz CT molecular complexity index is 1520. The molecule has 0 fully saturated rings. The summed E-state index contributed by atoms with van der Waals surface area (Å²) >= 11 is 0. The Morgan fingerprint density at radius 1 is 0.919 bits per heavy atom. The molecule has 2 aromatic heterocycles. The minimum Gasteiger partial charge on any atom is -0.486 e. The lowest BCUT2D eigenvalue weighted by Crippen LogP contribution is -2.31. The van der Waals surface area contributed by atoms with E-state index in [1.165, 1.54) is 0 Å². The van der Waals surface area contributed by atoms with Crippen LogP contribution in [0.5, 0.6) is 23.0 Å². The molecule has 2 aliphatic heterocycles. The van der Waals surface area contributed by atoms with E-state index in [4.69, 9.17) is 18.9 Å². The molecule has 0 amide bonds. The van der Waals surface area contributed by atoms with E-state index in [0.717, 1.165) is 16.7 Å². The number of rotatable bonds is 6. The molecule has 0 unspecified atom stereocenters. The van der Waals surface area contributed by atoms with Crippen molar-refractivity contribution in [3.05, 3.63) is 63.7 Å². The van der Waals surface area contributed by atoms with E-state index in [9.17, 15) is 4.79 Å². The van der Waals surface area contributed by atoms with Gasteiger partial charge in [-0.15, -0.1) is 5.10 Å². The summed E-state index contributed by atoms with van der Waals surface area (Å²) in [6.07, 6.45) is 0. The molecule has 11 heteroatoms. The van der Waals surface area contributed by atoms with Crippen LogP contribution in [0.15, 0.2) is 41.2 Å². The van der Waals surface area contributed by atoms with E-state index in [1.54, 1.807) is 0 Å². The number of hydrogen-bond donors (Lipinski definition) is 1. The molecule has 4 heterocycles. The van der Waals surface area contributed by atoms with Crippen LogP contribution in [0.1, 0.15) is 37.7 Å². The summed E-state index contributed by atoms with van der Waals surface area (Å²) < 4.78 is 24.2. The molecule has 0 saturated heterocycles. The molecule has 4 aromatic rings. The molecule has 6 rings (SSSR count). The van der Waals surface area contributed by atoms with Crippen LogP contribution in [0.3, 0.4) is 0 Å². The van der Waals surface area contributed by atoms with Crippen molar-refractivity contribution in [2.24, 2.45) is 0 Å². The van der Waals surface area contributed by atoms with Gasteiger partial charge in [-0.2, -0.15) is 0 Å². The van der Waals surface area contributed by atoms with Gasteiger partial charge in [-0.05, 0) is 61.0 Å². The molecule has 0 saturated carbocycles. The van der Waals surface area contributed by atoms with Crippen molar-refractivity contribution in [2.45, 2.75) is 45.9 Å². The van der Waals surface area contributed by atoms with Gasteiger partial charge in [-0.25, -0.2) is 4.68 Å². The Labute approximate surface area is 212 Å². The highest BCUT2D eigenvalue weighted by Gasteiger charge is 2.23. The van der Waals surface area contributed by atoms with Crippen LogP contribution >= 0.6 is 0 Å². The zero-order chi connectivity index (χ0) is 25.6. The Morgan fingerprint density at radius 3 is 2.49 bits per heavy atom. The Morgan fingerprint density at radius 2 is 1.68 bits per heavy atom. The van der Waals surface area contributed by atoms with Crippen LogP contribution in [0.2, 0.25) is 0 Å². The van der Waals surface area contributed by atoms with Gasteiger partial charge in [-0.3, -0.25) is 9.69 Å². The van der Waals surface area contributed by atoms with E-state index in [2.05, 4.69) is 46.2 Å². The number of H-pyrrole nitrogens is 1. The predicted molar refractivity (Wildman–Crippen MR) is 134 cm³/mol.